The van der Waals surface area contributed by atoms with Crippen molar-refractivity contribution in [3.63, 3.8) is 0 Å². The molecule has 6 heteroatoms. The van der Waals surface area contributed by atoms with Crippen LogP contribution >= 0.6 is 23.2 Å². The molecule has 2 aromatic carbocycles. The lowest BCUT2D eigenvalue weighted by Crippen LogP contribution is -2.52. The third-order valence-electron chi connectivity index (χ3n) is 6.30. The van der Waals surface area contributed by atoms with E-state index >= 15 is 0 Å². The first-order valence-electron chi connectivity index (χ1n) is 11.5. The van der Waals surface area contributed by atoms with E-state index in [1.165, 1.54) is 6.42 Å². The summed E-state index contributed by atoms with van der Waals surface area (Å²) < 4.78 is 0. The molecule has 172 valence electrons. The third-order valence-corrected chi connectivity index (χ3v) is 6.88. The van der Waals surface area contributed by atoms with E-state index in [4.69, 9.17) is 23.2 Å². The molecule has 32 heavy (non-hydrogen) atoms. The summed E-state index contributed by atoms with van der Waals surface area (Å²) in [6.07, 6.45) is 6.27. The van der Waals surface area contributed by atoms with Crippen molar-refractivity contribution in [3.05, 3.63) is 69.2 Å². The minimum atomic E-state index is -0.555. The Kier molecular flexibility index (Phi) is 9.01. The van der Waals surface area contributed by atoms with Crippen LogP contribution in [0.2, 0.25) is 10.0 Å². The van der Waals surface area contributed by atoms with E-state index in [0.29, 0.717) is 16.5 Å². The minimum absolute atomic E-state index is 0.0809. The molecule has 0 radical (unpaired) electrons. The van der Waals surface area contributed by atoms with Crippen molar-refractivity contribution in [2.45, 2.75) is 77.4 Å². The van der Waals surface area contributed by atoms with Crippen LogP contribution < -0.4 is 5.32 Å². The Bertz CT molecular complexity index is 941. The second-order valence-corrected chi connectivity index (χ2v) is 9.47. The maximum atomic E-state index is 13.5. The average Bonchev–Trinajstić information content (AvgIpc) is 2.77. The standard InChI is InChI=1S/C26H32Cl2N2O2/c1-3-24(26(32)29-22-11-5-4-6-12-22)30(17-20-13-14-21(27)16-23(20)28)25(31)15-19-10-8-7-9-18(19)2/h7-10,13-14,16,22,24H,3-6,11-12,15,17H2,1-2H3,(H,29,32). The highest BCUT2D eigenvalue weighted by atomic mass is 35.5. The fraction of sp³-hybridized carbons (Fsp3) is 0.462. The van der Waals surface area contributed by atoms with Crippen molar-refractivity contribution >= 4 is 35.0 Å². The summed E-state index contributed by atoms with van der Waals surface area (Å²) in [5, 5.41) is 4.24. The molecule has 1 aliphatic carbocycles. The largest absolute Gasteiger partial charge is 0.352 e. The molecule has 1 fully saturated rings. The number of benzene rings is 2. The van der Waals surface area contributed by atoms with Gasteiger partial charge in [0.15, 0.2) is 0 Å². The van der Waals surface area contributed by atoms with Crippen LogP contribution in [-0.2, 0) is 22.6 Å². The Hall–Kier alpha value is -2.04. The SMILES string of the molecule is CCC(C(=O)NC1CCCCC1)N(Cc1ccc(Cl)cc1Cl)C(=O)Cc1ccccc1C. The number of nitrogens with one attached hydrogen (secondary N) is 1. The lowest BCUT2D eigenvalue weighted by molar-refractivity contribution is -0.141. The maximum Gasteiger partial charge on any atom is 0.243 e. The Balaban J connectivity index is 1.85. The molecule has 0 saturated heterocycles. The molecular formula is C26H32Cl2N2O2. The van der Waals surface area contributed by atoms with E-state index < -0.39 is 6.04 Å². The maximum absolute atomic E-state index is 13.5. The minimum Gasteiger partial charge on any atom is -0.352 e. The van der Waals surface area contributed by atoms with Crippen LogP contribution in [0, 0.1) is 6.92 Å². The molecule has 1 atom stereocenters. The van der Waals surface area contributed by atoms with Crippen LogP contribution in [0.25, 0.3) is 0 Å². The number of amides is 2. The highest BCUT2D eigenvalue weighted by Crippen LogP contribution is 2.25. The number of hydrogen-bond donors (Lipinski definition) is 1. The molecule has 0 aromatic heterocycles. The zero-order chi connectivity index (χ0) is 23.1. The van der Waals surface area contributed by atoms with Gasteiger partial charge < -0.3 is 10.2 Å². The van der Waals surface area contributed by atoms with Crippen LogP contribution in [0.3, 0.4) is 0 Å². The van der Waals surface area contributed by atoms with Crippen molar-refractivity contribution < 1.29 is 9.59 Å². The van der Waals surface area contributed by atoms with Gasteiger partial charge in [0.05, 0.1) is 6.42 Å². The molecule has 2 amide bonds. The van der Waals surface area contributed by atoms with Crippen LogP contribution in [0.5, 0.6) is 0 Å². The fourth-order valence-electron chi connectivity index (χ4n) is 4.37. The number of aryl methyl sites for hydroxylation is 1. The first-order valence-corrected chi connectivity index (χ1v) is 12.2. The molecule has 0 spiro atoms. The van der Waals surface area contributed by atoms with Gasteiger partial charge in [-0.15, -0.1) is 0 Å². The molecule has 1 N–H and O–H groups in total. The molecule has 3 rings (SSSR count). The molecule has 2 aromatic rings. The quantitative estimate of drug-likeness (QED) is 0.502. The Morgan fingerprint density at radius 2 is 1.78 bits per heavy atom. The van der Waals surface area contributed by atoms with Gasteiger partial charge in [0.25, 0.3) is 0 Å². The molecule has 1 unspecified atom stereocenters. The van der Waals surface area contributed by atoms with Gasteiger partial charge in [-0.3, -0.25) is 9.59 Å². The second kappa shape index (κ2) is 11.7. The Labute approximate surface area is 201 Å². The molecular weight excluding hydrogens is 443 g/mol. The zero-order valence-corrected chi connectivity index (χ0v) is 20.4. The van der Waals surface area contributed by atoms with Crippen LogP contribution in [0.15, 0.2) is 42.5 Å². The number of carbonyl (C=O) groups excluding carboxylic acids is 2. The molecule has 4 nitrogen and oxygen atoms in total. The van der Waals surface area contributed by atoms with Crippen molar-refractivity contribution in [3.8, 4) is 0 Å². The van der Waals surface area contributed by atoms with Crippen molar-refractivity contribution in [2.24, 2.45) is 0 Å². The van der Waals surface area contributed by atoms with Gasteiger partial charge in [-0.1, -0.05) is 79.7 Å². The Morgan fingerprint density at radius 3 is 2.44 bits per heavy atom. The summed E-state index contributed by atoms with van der Waals surface area (Å²) in [7, 11) is 0. The van der Waals surface area contributed by atoms with E-state index in [0.717, 1.165) is 42.4 Å². The van der Waals surface area contributed by atoms with Crippen LogP contribution in [0.4, 0.5) is 0 Å². The normalized spacial score (nSPS) is 15.2. The van der Waals surface area contributed by atoms with Gasteiger partial charge in [-0.25, -0.2) is 0 Å². The molecule has 1 saturated carbocycles. The van der Waals surface area contributed by atoms with Gasteiger partial charge in [-0.2, -0.15) is 0 Å². The van der Waals surface area contributed by atoms with Gasteiger partial charge in [0.2, 0.25) is 11.8 Å². The topological polar surface area (TPSA) is 49.4 Å². The number of carbonyl (C=O) groups is 2. The average molecular weight is 475 g/mol. The predicted molar refractivity (Wildman–Crippen MR) is 131 cm³/mol. The van der Waals surface area contributed by atoms with Gasteiger partial charge >= 0.3 is 0 Å². The van der Waals surface area contributed by atoms with E-state index in [2.05, 4.69) is 5.32 Å². The van der Waals surface area contributed by atoms with Gasteiger partial charge in [0.1, 0.15) is 6.04 Å². The first kappa shape index (κ1) is 24.6. The molecule has 0 bridgehead atoms. The summed E-state index contributed by atoms with van der Waals surface area (Å²) >= 11 is 12.5. The number of hydrogen-bond acceptors (Lipinski definition) is 2. The van der Waals surface area contributed by atoms with E-state index in [-0.39, 0.29) is 30.8 Å². The highest BCUT2D eigenvalue weighted by Gasteiger charge is 2.30. The number of halogens is 2. The number of nitrogens with zero attached hydrogens (tertiary/aromatic N) is 1. The smallest absolute Gasteiger partial charge is 0.243 e. The van der Waals surface area contributed by atoms with Gasteiger partial charge in [-0.05, 0) is 55.0 Å². The predicted octanol–water partition coefficient (Wildman–Crippen LogP) is 6.10. The summed E-state index contributed by atoms with van der Waals surface area (Å²) in [5.41, 5.74) is 2.80. The second-order valence-electron chi connectivity index (χ2n) is 8.63. The summed E-state index contributed by atoms with van der Waals surface area (Å²) in [4.78, 5) is 28.5. The molecule has 1 aliphatic rings. The summed E-state index contributed by atoms with van der Waals surface area (Å²) in [6, 6.07) is 12.7. The summed E-state index contributed by atoms with van der Waals surface area (Å²) in [5.74, 6) is -0.168. The van der Waals surface area contributed by atoms with Gasteiger partial charge in [0, 0.05) is 22.6 Å². The summed E-state index contributed by atoms with van der Waals surface area (Å²) in [6.45, 7) is 4.20. The van der Waals surface area contributed by atoms with E-state index in [1.54, 1.807) is 17.0 Å². The lowest BCUT2D eigenvalue weighted by atomic mass is 9.95. The van der Waals surface area contributed by atoms with E-state index in [1.807, 2.05) is 44.2 Å². The lowest BCUT2D eigenvalue weighted by Gasteiger charge is -2.33. The van der Waals surface area contributed by atoms with Crippen LogP contribution in [-0.4, -0.2) is 28.8 Å². The Morgan fingerprint density at radius 1 is 1.06 bits per heavy atom. The fourth-order valence-corrected chi connectivity index (χ4v) is 4.84. The zero-order valence-electron chi connectivity index (χ0n) is 18.9. The number of rotatable bonds is 8. The van der Waals surface area contributed by atoms with Crippen molar-refractivity contribution in [1.29, 1.82) is 0 Å². The first-order chi connectivity index (χ1) is 15.4. The van der Waals surface area contributed by atoms with E-state index in [9.17, 15) is 9.59 Å². The van der Waals surface area contributed by atoms with Crippen LogP contribution in [0.1, 0.15) is 62.1 Å². The molecule has 0 heterocycles. The molecule has 0 aliphatic heterocycles. The third kappa shape index (κ3) is 6.49. The highest BCUT2D eigenvalue weighted by molar-refractivity contribution is 6.35. The van der Waals surface area contributed by atoms with Crippen molar-refractivity contribution in [1.82, 2.24) is 10.2 Å². The van der Waals surface area contributed by atoms with Crippen molar-refractivity contribution in [2.75, 3.05) is 0 Å². The monoisotopic (exact) mass is 474 g/mol.